The number of aromatic nitrogens is 2. The average Bonchev–Trinajstić information content (AvgIpc) is 2.87. The molecule has 0 radical (unpaired) electrons. The van der Waals surface area contributed by atoms with Crippen molar-refractivity contribution in [1.82, 2.24) is 15.0 Å². The summed E-state index contributed by atoms with van der Waals surface area (Å²) in [4.78, 5) is 17.5. The van der Waals surface area contributed by atoms with Gasteiger partial charge in [0.1, 0.15) is 0 Å². The zero-order valence-electron chi connectivity index (χ0n) is 10.7. The van der Waals surface area contributed by atoms with Crippen molar-refractivity contribution in [1.29, 1.82) is 0 Å². The van der Waals surface area contributed by atoms with E-state index in [1.807, 2.05) is 33.2 Å². The van der Waals surface area contributed by atoms with Crippen molar-refractivity contribution in [2.75, 3.05) is 0 Å². The van der Waals surface area contributed by atoms with Gasteiger partial charge in [-0.15, -0.1) is 11.3 Å². The van der Waals surface area contributed by atoms with Crippen LogP contribution in [0.5, 0.6) is 0 Å². The Labute approximate surface area is 110 Å². The van der Waals surface area contributed by atoms with E-state index in [9.17, 15) is 4.79 Å². The van der Waals surface area contributed by atoms with Gasteiger partial charge < -0.3 is 4.57 Å². The van der Waals surface area contributed by atoms with Crippen LogP contribution in [0.25, 0.3) is 0 Å². The second-order valence-corrected chi connectivity index (χ2v) is 5.47. The van der Waals surface area contributed by atoms with Gasteiger partial charge in [-0.2, -0.15) is 0 Å². The normalized spacial score (nSPS) is 10.7. The number of thiophene rings is 1. The lowest BCUT2D eigenvalue weighted by atomic mass is 10.2. The molecule has 6 heteroatoms. The van der Waals surface area contributed by atoms with Crippen LogP contribution in [0.3, 0.4) is 0 Å². The van der Waals surface area contributed by atoms with Crippen molar-refractivity contribution >= 4 is 17.2 Å². The lowest BCUT2D eigenvalue weighted by molar-refractivity contribution is 0.0957. The van der Waals surface area contributed by atoms with Crippen molar-refractivity contribution in [3.05, 3.63) is 39.1 Å². The first kappa shape index (κ1) is 12.8. The molecule has 2 heterocycles. The number of amides is 1. The third kappa shape index (κ3) is 2.30. The van der Waals surface area contributed by atoms with E-state index in [1.54, 1.807) is 0 Å². The fourth-order valence-electron chi connectivity index (χ4n) is 1.75. The molecule has 0 atom stereocenters. The van der Waals surface area contributed by atoms with Gasteiger partial charge in [0.25, 0.3) is 5.91 Å². The summed E-state index contributed by atoms with van der Waals surface area (Å²) in [5, 5.41) is 0. The summed E-state index contributed by atoms with van der Waals surface area (Å²) in [5.41, 5.74) is 5.45. The summed E-state index contributed by atoms with van der Waals surface area (Å²) in [7, 11) is 0. The standard InChI is InChI=1S/C12H16N4OS/c1-7-8(2)16(6-14-7)5-10-4-11(12(17)15-13)18-9(10)3/h4,6H,5,13H2,1-3H3,(H,15,17). The molecule has 0 fully saturated rings. The maximum Gasteiger partial charge on any atom is 0.275 e. The summed E-state index contributed by atoms with van der Waals surface area (Å²) >= 11 is 1.45. The largest absolute Gasteiger partial charge is 0.330 e. The third-order valence-corrected chi connectivity index (χ3v) is 4.15. The number of nitrogen functional groups attached to an aromatic ring is 1. The fraction of sp³-hybridized carbons (Fsp3) is 0.333. The molecule has 3 N–H and O–H groups in total. The third-order valence-electron chi connectivity index (χ3n) is 3.06. The summed E-state index contributed by atoms with van der Waals surface area (Å²) in [6.07, 6.45) is 1.82. The minimum absolute atomic E-state index is 0.243. The fourth-order valence-corrected chi connectivity index (χ4v) is 2.68. The maximum absolute atomic E-state index is 11.5. The molecule has 0 saturated heterocycles. The highest BCUT2D eigenvalue weighted by molar-refractivity contribution is 7.14. The predicted molar refractivity (Wildman–Crippen MR) is 71.5 cm³/mol. The van der Waals surface area contributed by atoms with Gasteiger partial charge in [0.05, 0.1) is 16.9 Å². The number of carbonyl (C=O) groups excluding carboxylic acids is 1. The number of imidazole rings is 1. The number of nitrogens with zero attached hydrogens (tertiary/aromatic N) is 2. The van der Waals surface area contributed by atoms with Crippen LogP contribution in [0, 0.1) is 20.8 Å². The Morgan fingerprint density at radius 1 is 1.50 bits per heavy atom. The molecule has 0 spiro atoms. The molecule has 2 aromatic rings. The topological polar surface area (TPSA) is 72.9 Å². The van der Waals surface area contributed by atoms with Crippen molar-refractivity contribution in [3.8, 4) is 0 Å². The van der Waals surface area contributed by atoms with E-state index in [-0.39, 0.29) is 5.91 Å². The molecule has 0 aromatic carbocycles. The number of rotatable bonds is 3. The number of nitrogens with two attached hydrogens (primary N) is 1. The Hall–Kier alpha value is -1.66. The summed E-state index contributed by atoms with van der Waals surface area (Å²) < 4.78 is 2.08. The van der Waals surface area contributed by atoms with Gasteiger partial charge in [-0.25, -0.2) is 10.8 Å². The first-order valence-electron chi connectivity index (χ1n) is 5.61. The quantitative estimate of drug-likeness (QED) is 0.501. The first-order chi connectivity index (χ1) is 8.52. The lowest BCUT2D eigenvalue weighted by Crippen LogP contribution is -2.29. The zero-order valence-corrected chi connectivity index (χ0v) is 11.5. The molecular weight excluding hydrogens is 248 g/mol. The number of aryl methyl sites for hydroxylation is 2. The Morgan fingerprint density at radius 2 is 2.22 bits per heavy atom. The van der Waals surface area contributed by atoms with E-state index in [4.69, 9.17) is 5.84 Å². The Bertz CT molecular complexity index is 585. The predicted octanol–water partition coefficient (Wildman–Crippen LogP) is 1.52. The van der Waals surface area contributed by atoms with E-state index in [1.165, 1.54) is 11.3 Å². The van der Waals surface area contributed by atoms with Gasteiger partial charge in [0, 0.05) is 17.1 Å². The molecule has 1 amide bonds. The maximum atomic E-state index is 11.5. The van der Waals surface area contributed by atoms with Crippen molar-refractivity contribution in [2.45, 2.75) is 27.3 Å². The van der Waals surface area contributed by atoms with E-state index in [0.29, 0.717) is 4.88 Å². The Morgan fingerprint density at radius 3 is 2.78 bits per heavy atom. The van der Waals surface area contributed by atoms with Crippen LogP contribution in [0.15, 0.2) is 12.4 Å². The summed E-state index contributed by atoms with van der Waals surface area (Å²) in [6, 6.07) is 1.89. The van der Waals surface area contributed by atoms with Crippen LogP contribution in [0.4, 0.5) is 0 Å². The molecule has 0 bridgehead atoms. The lowest BCUT2D eigenvalue weighted by Gasteiger charge is -2.04. The summed E-state index contributed by atoms with van der Waals surface area (Å²) in [5.74, 6) is 4.89. The van der Waals surface area contributed by atoms with Crippen LogP contribution in [0.1, 0.15) is 31.5 Å². The number of hydrazine groups is 1. The van der Waals surface area contributed by atoms with Crippen LogP contribution >= 0.6 is 11.3 Å². The monoisotopic (exact) mass is 264 g/mol. The number of nitrogens with one attached hydrogen (secondary N) is 1. The van der Waals surface area contributed by atoms with Gasteiger partial charge in [0.15, 0.2) is 0 Å². The van der Waals surface area contributed by atoms with Crippen LogP contribution in [-0.2, 0) is 6.54 Å². The van der Waals surface area contributed by atoms with E-state index < -0.39 is 0 Å². The highest BCUT2D eigenvalue weighted by atomic mass is 32.1. The van der Waals surface area contributed by atoms with Crippen LogP contribution < -0.4 is 11.3 Å². The molecule has 2 aromatic heterocycles. The SMILES string of the molecule is Cc1ncn(Cc2cc(C(=O)NN)sc2C)c1C. The van der Waals surface area contributed by atoms with Crippen molar-refractivity contribution < 1.29 is 4.79 Å². The van der Waals surface area contributed by atoms with Gasteiger partial charge in [-0.1, -0.05) is 0 Å². The molecule has 0 aliphatic rings. The molecular formula is C12H16N4OS. The van der Waals surface area contributed by atoms with E-state index in [0.717, 1.165) is 28.4 Å². The van der Waals surface area contributed by atoms with Gasteiger partial charge in [-0.3, -0.25) is 10.2 Å². The van der Waals surface area contributed by atoms with Crippen molar-refractivity contribution in [2.24, 2.45) is 5.84 Å². The average molecular weight is 264 g/mol. The number of hydrogen-bond acceptors (Lipinski definition) is 4. The molecule has 0 aliphatic heterocycles. The zero-order chi connectivity index (χ0) is 13.3. The minimum Gasteiger partial charge on any atom is -0.330 e. The second-order valence-electron chi connectivity index (χ2n) is 4.21. The molecule has 0 saturated carbocycles. The van der Waals surface area contributed by atoms with Crippen LogP contribution in [-0.4, -0.2) is 15.5 Å². The van der Waals surface area contributed by atoms with Crippen LogP contribution in [0.2, 0.25) is 0 Å². The Balaban J connectivity index is 2.27. The van der Waals surface area contributed by atoms with Gasteiger partial charge >= 0.3 is 0 Å². The van der Waals surface area contributed by atoms with Gasteiger partial charge in [-0.05, 0) is 32.4 Å². The highest BCUT2D eigenvalue weighted by Crippen LogP contribution is 2.23. The molecule has 18 heavy (non-hydrogen) atoms. The first-order valence-corrected chi connectivity index (χ1v) is 6.43. The molecule has 0 unspecified atom stereocenters. The Kier molecular flexibility index (Phi) is 3.49. The van der Waals surface area contributed by atoms with E-state index >= 15 is 0 Å². The molecule has 96 valence electrons. The van der Waals surface area contributed by atoms with Crippen molar-refractivity contribution in [3.63, 3.8) is 0 Å². The molecule has 2 rings (SSSR count). The van der Waals surface area contributed by atoms with E-state index in [2.05, 4.69) is 15.0 Å². The highest BCUT2D eigenvalue weighted by Gasteiger charge is 2.12. The molecule has 5 nitrogen and oxygen atoms in total. The number of hydrogen-bond donors (Lipinski definition) is 2. The number of carbonyl (C=O) groups is 1. The second kappa shape index (κ2) is 4.91. The minimum atomic E-state index is -0.243. The molecule has 0 aliphatic carbocycles. The van der Waals surface area contributed by atoms with Gasteiger partial charge in [0.2, 0.25) is 0 Å². The smallest absolute Gasteiger partial charge is 0.275 e. The summed E-state index contributed by atoms with van der Waals surface area (Å²) in [6.45, 7) is 6.76.